The van der Waals surface area contributed by atoms with Crippen LogP contribution in [-0.2, 0) is 10.0 Å². The predicted molar refractivity (Wildman–Crippen MR) is 101 cm³/mol. The summed E-state index contributed by atoms with van der Waals surface area (Å²) in [5.41, 5.74) is 0.675. The molecule has 1 aromatic carbocycles. The van der Waals surface area contributed by atoms with Gasteiger partial charge >= 0.3 is 0 Å². The molecular weight excluding hydrogens is 380 g/mol. The van der Waals surface area contributed by atoms with Gasteiger partial charge in [0, 0.05) is 11.2 Å². The highest BCUT2D eigenvalue weighted by atomic mass is 35.5. The second-order valence-electron chi connectivity index (χ2n) is 5.40. The van der Waals surface area contributed by atoms with Crippen LogP contribution in [-0.4, -0.2) is 35.0 Å². The summed E-state index contributed by atoms with van der Waals surface area (Å²) >= 11 is 7.57. The number of halogens is 1. The summed E-state index contributed by atoms with van der Waals surface area (Å²) in [5, 5.41) is 8.68. The third-order valence-corrected chi connectivity index (χ3v) is 6.01. The summed E-state index contributed by atoms with van der Waals surface area (Å²) in [6.45, 7) is 0. The number of rotatable bonds is 7. The van der Waals surface area contributed by atoms with Crippen LogP contribution < -0.4 is 4.72 Å². The molecule has 2 heterocycles. The molecule has 1 N–H and O–H groups in total. The maximum absolute atomic E-state index is 12.8. The number of nitrogens with one attached hydrogen (secondary N) is 1. The summed E-state index contributed by atoms with van der Waals surface area (Å²) in [6.07, 6.45) is 4.39. The van der Waals surface area contributed by atoms with Crippen molar-refractivity contribution in [3.05, 3.63) is 59.5 Å². The molecule has 0 amide bonds. The quantitative estimate of drug-likeness (QED) is 0.663. The third-order valence-electron chi connectivity index (χ3n) is 3.67. The van der Waals surface area contributed by atoms with Gasteiger partial charge in [-0.05, 0) is 48.8 Å². The summed E-state index contributed by atoms with van der Waals surface area (Å²) in [7, 11) is -3.73. The van der Waals surface area contributed by atoms with Gasteiger partial charge in [0.15, 0.2) is 11.5 Å². The first-order valence-electron chi connectivity index (χ1n) is 7.58. The Morgan fingerprint density at radius 3 is 2.84 bits per heavy atom. The van der Waals surface area contributed by atoms with Crippen LogP contribution in [0.15, 0.2) is 53.6 Å². The number of hydrogen-bond acceptors (Lipinski definition) is 5. The van der Waals surface area contributed by atoms with Crippen LogP contribution in [0.3, 0.4) is 0 Å². The SMILES string of the molecule is CSCCC(NS(=O)(=O)c1cccc(Cl)c1)c1nnc2ccccn12. The van der Waals surface area contributed by atoms with Crippen molar-refractivity contribution in [2.45, 2.75) is 17.4 Å². The Morgan fingerprint density at radius 2 is 2.08 bits per heavy atom. The largest absolute Gasteiger partial charge is 0.285 e. The number of aromatic nitrogens is 3. The van der Waals surface area contributed by atoms with E-state index in [2.05, 4.69) is 14.9 Å². The average molecular weight is 397 g/mol. The average Bonchev–Trinajstić information content (AvgIpc) is 3.02. The van der Waals surface area contributed by atoms with Gasteiger partial charge in [-0.2, -0.15) is 11.8 Å². The highest BCUT2D eigenvalue weighted by molar-refractivity contribution is 7.98. The summed E-state index contributed by atoms with van der Waals surface area (Å²) in [5.74, 6) is 1.35. The van der Waals surface area contributed by atoms with E-state index in [4.69, 9.17) is 11.6 Å². The van der Waals surface area contributed by atoms with Crippen molar-refractivity contribution in [1.29, 1.82) is 0 Å². The highest BCUT2D eigenvalue weighted by Gasteiger charge is 2.25. The van der Waals surface area contributed by atoms with Crippen molar-refractivity contribution >= 4 is 39.0 Å². The first-order valence-corrected chi connectivity index (χ1v) is 10.8. The zero-order valence-corrected chi connectivity index (χ0v) is 15.9. The molecule has 0 aliphatic carbocycles. The molecule has 9 heteroatoms. The van der Waals surface area contributed by atoms with E-state index in [9.17, 15) is 8.42 Å². The lowest BCUT2D eigenvalue weighted by molar-refractivity contribution is 0.536. The van der Waals surface area contributed by atoms with Crippen molar-refractivity contribution in [3.63, 3.8) is 0 Å². The molecule has 1 unspecified atom stereocenters. The monoisotopic (exact) mass is 396 g/mol. The summed E-state index contributed by atoms with van der Waals surface area (Å²) < 4.78 is 30.1. The van der Waals surface area contributed by atoms with Gasteiger partial charge in [0.25, 0.3) is 0 Å². The third kappa shape index (κ3) is 4.14. The van der Waals surface area contributed by atoms with Crippen molar-refractivity contribution in [2.75, 3.05) is 12.0 Å². The van der Waals surface area contributed by atoms with Crippen LogP contribution >= 0.6 is 23.4 Å². The lowest BCUT2D eigenvalue weighted by Crippen LogP contribution is -2.30. The molecule has 3 aromatic rings. The van der Waals surface area contributed by atoms with E-state index in [1.807, 2.05) is 30.7 Å². The van der Waals surface area contributed by atoms with Crippen LogP contribution in [0, 0.1) is 0 Å². The summed E-state index contributed by atoms with van der Waals surface area (Å²) in [4.78, 5) is 0.128. The maximum atomic E-state index is 12.8. The topological polar surface area (TPSA) is 76.4 Å². The molecule has 0 saturated heterocycles. The second kappa shape index (κ2) is 7.74. The van der Waals surface area contributed by atoms with Crippen LogP contribution in [0.4, 0.5) is 0 Å². The maximum Gasteiger partial charge on any atom is 0.241 e. The van der Waals surface area contributed by atoms with Gasteiger partial charge in [0.2, 0.25) is 10.0 Å². The molecule has 3 rings (SSSR count). The van der Waals surface area contributed by atoms with E-state index in [-0.39, 0.29) is 4.90 Å². The summed E-state index contributed by atoms with van der Waals surface area (Å²) in [6, 6.07) is 11.2. The Morgan fingerprint density at radius 1 is 1.24 bits per heavy atom. The predicted octanol–water partition coefficient (Wildman–Crippen LogP) is 3.16. The number of fused-ring (bicyclic) bond motifs is 1. The zero-order valence-electron chi connectivity index (χ0n) is 13.5. The molecule has 0 bridgehead atoms. The van der Waals surface area contributed by atoms with Gasteiger partial charge < -0.3 is 0 Å². The Hall–Kier alpha value is -1.61. The Balaban J connectivity index is 1.96. The van der Waals surface area contributed by atoms with Gasteiger partial charge in [-0.25, -0.2) is 13.1 Å². The molecule has 0 saturated carbocycles. The van der Waals surface area contributed by atoms with E-state index < -0.39 is 16.1 Å². The smallest absolute Gasteiger partial charge is 0.241 e. The molecule has 2 aromatic heterocycles. The first-order chi connectivity index (χ1) is 12.0. The van der Waals surface area contributed by atoms with Gasteiger partial charge in [-0.1, -0.05) is 23.7 Å². The second-order valence-corrected chi connectivity index (χ2v) is 8.54. The van der Waals surface area contributed by atoms with Gasteiger partial charge in [0.05, 0.1) is 10.9 Å². The minimum Gasteiger partial charge on any atom is -0.285 e. The molecule has 25 heavy (non-hydrogen) atoms. The van der Waals surface area contributed by atoms with E-state index in [1.165, 1.54) is 12.1 Å². The highest BCUT2D eigenvalue weighted by Crippen LogP contribution is 2.22. The molecule has 0 aliphatic heterocycles. The number of nitrogens with zero attached hydrogens (tertiary/aromatic N) is 3. The molecule has 6 nitrogen and oxygen atoms in total. The number of sulfonamides is 1. The molecule has 0 fully saturated rings. The van der Waals surface area contributed by atoms with Gasteiger partial charge in [0.1, 0.15) is 0 Å². The van der Waals surface area contributed by atoms with Crippen LogP contribution in [0.1, 0.15) is 18.3 Å². The Labute approximate surface area is 155 Å². The zero-order chi connectivity index (χ0) is 17.9. The minimum atomic E-state index is -3.73. The standard InChI is InChI=1S/C16H17ClN4O2S2/c1-24-10-8-14(16-19-18-15-7-2-3-9-21(15)16)20-25(22,23)13-6-4-5-12(17)11-13/h2-7,9,11,14,20H,8,10H2,1H3. The molecule has 132 valence electrons. The molecular formula is C16H17ClN4O2S2. The van der Waals surface area contributed by atoms with Crippen LogP contribution in [0.25, 0.3) is 5.65 Å². The van der Waals surface area contributed by atoms with Gasteiger partial charge in [-0.3, -0.25) is 4.40 Å². The molecule has 0 aliphatic rings. The lowest BCUT2D eigenvalue weighted by atomic mass is 10.2. The van der Waals surface area contributed by atoms with Crippen molar-refractivity contribution in [3.8, 4) is 0 Å². The Kier molecular flexibility index (Phi) is 5.63. The van der Waals surface area contributed by atoms with E-state index in [0.29, 0.717) is 22.9 Å². The molecule has 0 radical (unpaired) electrons. The fourth-order valence-electron chi connectivity index (χ4n) is 2.46. The van der Waals surface area contributed by atoms with E-state index >= 15 is 0 Å². The minimum absolute atomic E-state index is 0.128. The lowest BCUT2D eigenvalue weighted by Gasteiger charge is -2.17. The number of benzene rings is 1. The fourth-order valence-corrected chi connectivity index (χ4v) is 4.46. The molecule has 0 spiro atoms. The van der Waals surface area contributed by atoms with Crippen LogP contribution in [0.5, 0.6) is 0 Å². The number of hydrogen-bond donors (Lipinski definition) is 1. The van der Waals surface area contributed by atoms with Gasteiger partial charge in [-0.15, -0.1) is 10.2 Å². The van der Waals surface area contributed by atoms with E-state index in [0.717, 1.165) is 5.75 Å². The van der Waals surface area contributed by atoms with E-state index in [1.54, 1.807) is 28.3 Å². The van der Waals surface area contributed by atoms with Crippen molar-refractivity contribution in [1.82, 2.24) is 19.3 Å². The number of pyridine rings is 1. The normalized spacial score (nSPS) is 13.2. The van der Waals surface area contributed by atoms with Crippen molar-refractivity contribution < 1.29 is 8.42 Å². The molecule has 1 atom stereocenters. The number of thioether (sulfide) groups is 1. The van der Waals surface area contributed by atoms with Crippen molar-refractivity contribution in [2.24, 2.45) is 0 Å². The Bertz CT molecular complexity index is 975. The fraction of sp³-hybridized carbons (Fsp3) is 0.250. The first kappa shape index (κ1) is 18.2. The van der Waals surface area contributed by atoms with Crippen LogP contribution in [0.2, 0.25) is 5.02 Å².